The van der Waals surface area contributed by atoms with E-state index >= 15 is 0 Å². The highest BCUT2D eigenvalue weighted by atomic mass is 35.5. The van der Waals surface area contributed by atoms with Crippen LogP contribution in [-0.2, 0) is 4.74 Å². The fraction of sp³-hybridized carbons (Fsp3) is 0.615. The number of hydrogen-bond donors (Lipinski definition) is 2. The summed E-state index contributed by atoms with van der Waals surface area (Å²) in [4.78, 5) is 11.7. The van der Waals surface area contributed by atoms with Gasteiger partial charge in [-0.2, -0.15) is 0 Å². The van der Waals surface area contributed by atoms with Crippen molar-refractivity contribution in [2.24, 2.45) is 5.73 Å². The lowest BCUT2D eigenvalue weighted by Crippen LogP contribution is -2.33. The van der Waals surface area contributed by atoms with Crippen molar-refractivity contribution >= 4 is 17.5 Å². The molecule has 1 aromatic rings. The van der Waals surface area contributed by atoms with Crippen LogP contribution in [0.3, 0.4) is 0 Å². The van der Waals surface area contributed by atoms with E-state index in [0.717, 1.165) is 25.7 Å². The molecule has 106 valence electrons. The number of nitrogens with two attached hydrogens (primary N) is 1. The lowest BCUT2D eigenvalue weighted by Gasteiger charge is -2.26. The number of ether oxygens (including phenoxy) is 1. The summed E-state index contributed by atoms with van der Waals surface area (Å²) in [6, 6.07) is 1.86. The van der Waals surface area contributed by atoms with Crippen LogP contribution in [0.1, 0.15) is 36.0 Å². The SMILES string of the molecule is NC1CCC(OCCNC(=O)c2ccoc2Cl)CC1. The van der Waals surface area contributed by atoms with Gasteiger partial charge in [-0.15, -0.1) is 0 Å². The first-order chi connectivity index (χ1) is 9.16. The second kappa shape index (κ2) is 6.93. The number of furan rings is 1. The third-order valence-electron chi connectivity index (χ3n) is 3.32. The van der Waals surface area contributed by atoms with Gasteiger partial charge in [-0.25, -0.2) is 0 Å². The van der Waals surface area contributed by atoms with Crippen molar-refractivity contribution in [1.29, 1.82) is 0 Å². The van der Waals surface area contributed by atoms with Crippen LogP contribution in [-0.4, -0.2) is 31.2 Å². The summed E-state index contributed by atoms with van der Waals surface area (Å²) in [5.41, 5.74) is 6.18. The predicted molar refractivity (Wildman–Crippen MR) is 72.2 cm³/mol. The molecular formula is C13H19ClN2O3. The van der Waals surface area contributed by atoms with Crippen LogP contribution in [0.25, 0.3) is 0 Å². The van der Waals surface area contributed by atoms with Gasteiger partial charge in [-0.05, 0) is 43.4 Å². The molecule has 0 atom stereocenters. The van der Waals surface area contributed by atoms with E-state index in [1.165, 1.54) is 6.26 Å². The van der Waals surface area contributed by atoms with Gasteiger partial charge in [0, 0.05) is 12.6 Å². The predicted octanol–water partition coefficient (Wildman–Crippen LogP) is 1.95. The Morgan fingerprint density at radius 2 is 2.21 bits per heavy atom. The number of hydrogen-bond acceptors (Lipinski definition) is 4. The first kappa shape index (κ1) is 14.4. The van der Waals surface area contributed by atoms with E-state index in [9.17, 15) is 4.79 Å². The first-order valence-electron chi connectivity index (χ1n) is 6.55. The third kappa shape index (κ3) is 4.23. The summed E-state index contributed by atoms with van der Waals surface area (Å²) in [6.07, 6.45) is 5.70. The minimum absolute atomic E-state index is 0.111. The average molecular weight is 287 g/mol. The standard InChI is InChI=1S/C13H19ClN2O3/c14-12-11(5-7-19-12)13(17)16-6-8-18-10-3-1-9(15)2-4-10/h5,7,9-10H,1-4,6,8,15H2,(H,16,17). The van der Waals surface area contributed by atoms with Crippen LogP contribution in [0.15, 0.2) is 16.7 Å². The second-order valence-electron chi connectivity index (χ2n) is 4.77. The number of nitrogens with one attached hydrogen (secondary N) is 1. The van der Waals surface area contributed by atoms with Gasteiger partial charge in [0.05, 0.1) is 24.5 Å². The van der Waals surface area contributed by atoms with Gasteiger partial charge in [-0.1, -0.05) is 0 Å². The van der Waals surface area contributed by atoms with Crippen molar-refractivity contribution in [2.45, 2.75) is 37.8 Å². The zero-order valence-electron chi connectivity index (χ0n) is 10.7. The molecule has 1 aromatic heterocycles. The van der Waals surface area contributed by atoms with Crippen LogP contribution >= 0.6 is 11.6 Å². The molecule has 0 aliphatic heterocycles. The van der Waals surface area contributed by atoms with Crippen molar-refractivity contribution < 1.29 is 13.9 Å². The molecule has 2 rings (SSSR count). The molecule has 3 N–H and O–H groups in total. The summed E-state index contributed by atoms with van der Waals surface area (Å²) in [7, 11) is 0. The summed E-state index contributed by atoms with van der Waals surface area (Å²) >= 11 is 5.71. The van der Waals surface area contributed by atoms with Crippen molar-refractivity contribution in [3.05, 3.63) is 23.1 Å². The van der Waals surface area contributed by atoms with Crippen LogP contribution < -0.4 is 11.1 Å². The molecular weight excluding hydrogens is 268 g/mol. The molecule has 0 aromatic carbocycles. The Bertz CT molecular complexity index is 414. The summed E-state index contributed by atoms with van der Waals surface area (Å²) < 4.78 is 10.6. The van der Waals surface area contributed by atoms with E-state index in [-0.39, 0.29) is 17.2 Å². The van der Waals surface area contributed by atoms with Gasteiger partial charge in [0.1, 0.15) is 0 Å². The lowest BCUT2D eigenvalue weighted by atomic mass is 9.94. The van der Waals surface area contributed by atoms with E-state index in [0.29, 0.717) is 24.8 Å². The second-order valence-corrected chi connectivity index (χ2v) is 5.11. The van der Waals surface area contributed by atoms with E-state index in [4.69, 9.17) is 26.5 Å². The number of halogens is 1. The van der Waals surface area contributed by atoms with Crippen LogP contribution in [0.5, 0.6) is 0 Å². The molecule has 5 nitrogen and oxygen atoms in total. The van der Waals surface area contributed by atoms with E-state index < -0.39 is 0 Å². The quantitative estimate of drug-likeness (QED) is 0.811. The zero-order chi connectivity index (χ0) is 13.7. The topological polar surface area (TPSA) is 77.5 Å². The van der Waals surface area contributed by atoms with Crippen molar-refractivity contribution in [3.63, 3.8) is 0 Å². The van der Waals surface area contributed by atoms with Crippen molar-refractivity contribution in [1.82, 2.24) is 5.32 Å². The zero-order valence-corrected chi connectivity index (χ0v) is 11.5. The maximum absolute atomic E-state index is 11.7. The fourth-order valence-electron chi connectivity index (χ4n) is 2.20. The van der Waals surface area contributed by atoms with E-state index in [1.807, 2.05) is 0 Å². The molecule has 1 heterocycles. The van der Waals surface area contributed by atoms with E-state index in [1.54, 1.807) is 6.07 Å². The Balaban J connectivity index is 1.62. The maximum atomic E-state index is 11.7. The average Bonchev–Trinajstić information content (AvgIpc) is 2.83. The fourth-order valence-corrected chi connectivity index (χ4v) is 2.40. The summed E-state index contributed by atoms with van der Waals surface area (Å²) in [6.45, 7) is 0.962. The smallest absolute Gasteiger partial charge is 0.256 e. The molecule has 1 saturated carbocycles. The monoisotopic (exact) mass is 286 g/mol. The first-order valence-corrected chi connectivity index (χ1v) is 6.93. The highest BCUT2D eigenvalue weighted by molar-refractivity contribution is 6.32. The number of carbonyl (C=O) groups excluding carboxylic acids is 1. The molecule has 1 fully saturated rings. The van der Waals surface area contributed by atoms with Gasteiger partial charge < -0.3 is 20.2 Å². The maximum Gasteiger partial charge on any atom is 0.256 e. The van der Waals surface area contributed by atoms with E-state index in [2.05, 4.69) is 5.32 Å². The van der Waals surface area contributed by atoms with Gasteiger partial charge in [0.25, 0.3) is 5.91 Å². The Hall–Kier alpha value is -1.04. The molecule has 0 spiro atoms. The van der Waals surface area contributed by atoms with Gasteiger partial charge in [0.2, 0.25) is 5.22 Å². The number of carbonyl (C=O) groups is 1. The van der Waals surface area contributed by atoms with Crippen molar-refractivity contribution in [2.75, 3.05) is 13.2 Å². The van der Waals surface area contributed by atoms with Gasteiger partial charge in [0.15, 0.2) is 0 Å². The molecule has 0 unspecified atom stereocenters. The lowest BCUT2D eigenvalue weighted by molar-refractivity contribution is 0.0267. The van der Waals surface area contributed by atoms with Crippen molar-refractivity contribution in [3.8, 4) is 0 Å². The highest BCUT2D eigenvalue weighted by Crippen LogP contribution is 2.19. The molecule has 1 amide bonds. The molecule has 1 aliphatic carbocycles. The molecule has 19 heavy (non-hydrogen) atoms. The van der Waals surface area contributed by atoms with Gasteiger partial charge >= 0.3 is 0 Å². The molecule has 0 saturated heterocycles. The largest absolute Gasteiger partial charge is 0.452 e. The Labute approximate surface area is 117 Å². The van der Waals surface area contributed by atoms with Gasteiger partial charge in [-0.3, -0.25) is 4.79 Å². The number of rotatable bonds is 5. The van der Waals surface area contributed by atoms with Crippen LogP contribution in [0.2, 0.25) is 5.22 Å². The molecule has 0 radical (unpaired) electrons. The summed E-state index contributed by atoms with van der Waals surface area (Å²) in [5, 5.41) is 2.85. The third-order valence-corrected chi connectivity index (χ3v) is 3.62. The number of amides is 1. The Morgan fingerprint density at radius 3 is 2.84 bits per heavy atom. The summed E-state index contributed by atoms with van der Waals surface area (Å²) in [5.74, 6) is -0.243. The minimum atomic E-state index is -0.243. The van der Waals surface area contributed by atoms with Crippen LogP contribution in [0.4, 0.5) is 0 Å². The van der Waals surface area contributed by atoms with Crippen LogP contribution in [0, 0.1) is 0 Å². The Morgan fingerprint density at radius 1 is 1.47 bits per heavy atom. The normalized spacial score (nSPS) is 23.3. The molecule has 6 heteroatoms. The molecule has 0 bridgehead atoms. The highest BCUT2D eigenvalue weighted by Gasteiger charge is 2.18. The molecule has 1 aliphatic rings. The Kier molecular flexibility index (Phi) is 5.24. The minimum Gasteiger partial charge on any atom is -0.452 e.